The molecule has 0 bridgehead atoms. The second-order valence-corrected chi connectivity index (χ2v) is 2.39. The van der Waals surface area contributed by atoms with Crippen LogP contribution in [0, 0.1) is 0 Å². The van der Waals surface area contributed by atoms with Gasteiger partial charge in [0.15, 0.2) is 5.11 Å². The van der Waals surface area contributed by atoms with Crippen molar-refractivity contribution < 1.29 is 4.79 Å². The maximum atomic E-state index is 10.4. The van der Waals surface area contributed by atoms with Crippen LogP contribution in [0.4, 0.5) is 0 Å². The van der Waals surface area contributed by atoms with E-state index in [2.05, 4.69) is 5.32 Å². The highest BCUT2D eigenvalue weighted by Gasteiger charge is 2.01. The summed E-state index contributed by atoms with van der Waals surface area (Å²) >= 11 is 4.85. The van der Waals surface area contributed by atoms with Crippen LogP contribution in [-0.2, 0) is 4.79 Å². The molecule has 0 spiro atoms. The van der Waals surface area contributed by atoms with E-state index in [-0.39, 0.29) is 5.91 Å². The Kier molecular flexibility index (Phi) is 3.95. The molecule has 10 heavy (non-hydrogen) atoms. The highest BCUT2D eigenvalue weighted by Crippen LogP contribution is 1.82. The molecule has 0 aromatic carbocycles. The van der Waals surface area contributed by atoms with E-state index in [0.717, 1.165) is 6.54 Å². The quantitative estimate of drug-likeness (QED) is 0.562. The van der Waals surface area contributed by atoms with Crippen LogP contribution >= 0.6 is 12.2 Å². The van der Waals surface area contributed by atoms with Gasteiger partial charge in [0.05, 0.1) is 0 Å². The first-order chi connectivity index (χ1) is 4.57. The minimum atomic E-state index is -0.120. The number of hydrogen-bond acceptors (Lipinski definition) is 2. The summed E-state index contributed by atoms with van der Waals surface area (Å²) in [4.78, 5) is 12.2. The first-order valence-corrected chi connectivity index (χ1v) is 3.51. The molecule has 0 unspecified atom stereocenters. The molecule has 3 nitrogen and oxygen atoms in total. The van der Waals surface area contributed by atoms with Crippen LogP contribution in [0.15, 0.2) is 0 Å². The van der Waals surface area contributed by atoms with Gasteiger partial charge in [-0.05, 0) is 19.1 Å². The van der Waals surface area contributed by atoms with E-state index in [1.54, 1.807) is 4.90 Å². The summed E-state index contributed by atoms with van der Waals surface area (Å²) in [5.74, 6) is -0.120. The number of thiocarbonyl (C=S) groups is 1. The predicted molar refractivity (Wildman–Crippen MR) is 44.7 cm³/mol. The molecular weight excluding hydrogens is 148 g/mol. The van der Waals surface area contributed by atoms with Crippen molar-refractivity contribution in [2.24, 2.45) is 0 Å². The Labute approximate surface area is 66.4 Å². The summed E-state index contributed by atoms with van der Waals surface area (Å²) in [6, 6.07) is 0. The molecule has 0 aromatic rings. The Balaban J connectivity index is 3.73. The third kappa shape index (κ3) is 3.40. The molecule has 4 heteroatoms. The van der Waals surface area contributed by atoms with E-state index in [0.29, 0.717) is 5.11 Å². The first-order valence-electron chi connectivity index (χ1n) is 3.10. The predicted octanol–water partition coefficient (Wildman–Crippen LogP) is 0.359. The molecule has 0 radical (unpaired) electrons. The zero-order valence-corrected chi connectivity index (χ0v) is 7.29. The van der Waals surface area contributed by atoms with Gasteiger partial charge in [-0.25, -0.2) is 0 Å². The molecule has 58 valence electrons. The summed E-state index contributed by atoms with van der Waals surface area (Å²) in [6.07, 6.45) is 0. The number of carbonyl (C=O) groups excluding carboxylic acids is 1. The number of amides is 1. The largest absolute Gasteiger partial charge is 0.352 e. The zero-order valence-electron chi connectivity index (χ0n) is 6.47. The van der Waals surface area contributed by atoms with E-state index in [1.807, 2.05) is 14.0 Å². The van der Waals surface area contributed by atoms with Gasteiger partial charge in [0.25, 0.3) is 0 Å². The second-order valence-electron chi connectivity index (χ2n) is 2.00. The van der Waals surface area contributed by atoms with Crippen molar-refractivity contribution in [3.8, 4) is 0 Å². The molecule has 0 aliphatic rings. The fraction of sp³-hybridized carbons (Fsp3) is 0.667. The van der Waals surface area contributed by atoms with Crippen molar-refractivity contribution in [1.29, 1.82) is 0 Å². The molecule has 0 aliphatic carbocycles. The maximum absolute atomic E-state index is 10.4. The van der Waals surface area contributed by atoms with Gasteiger partial charge in [0.1, 0.15) is 0 Å². The second kappa shape index (κ2) is 4.22. The van der Waals surface area contributed by atoms with Gasteiger partial charge in [-0.2, -0.15) is 0 Å². The first kappa shape index (κ1) is 9.36. The molecule has 0 saturated carbocycles. The molecule has 1 amide bonds. The maximum Gasteiger partial charge on any atom is 0.222 e. The monoisotopic (exact) mass is 160 g/mol. The van der Waals surface area contributed by atoms with Crippen molar-refractivity contribution >= 4 is 23.2 Å². The Morgan fingerprint density at radius 2 is 2.20 bits per heavy atom. The van der Waals surface area contributed by atoms with Crippen molar-refractivity contribution in [1.82, 2.24) is 10.2 Å². The number of nitrogens with zero attached hydrogens (tertiary/aromatic N) is 1. The topological polar surface area (TPSA) is 32.3 Å². The lowest BCUT2D eigenvalue weighted by Gasteiger charge is -2.16. The SMILES string of the molecule is CCN(C)C(=S)NC(C)=O. The Morgan fingerprint density at radius 3 is 2.50 bits per heavy atom. The van der Waals surface area contributed by atoms with Gasteiger partial charge in [-0.15, -0.1) is 0 Å². The summed E-state index contributed by atoms with van der Waals surface area (Å²) in [6.45, 7) is 4.21. The lowest BCUT2D eigenvalue weighted by molar-refractivity contribution is -0.117. The standard InChI is InChI=1S/C6H12N2OS/c1-4-8(3)6(10)7-5(2)9/h4H2,1-3H3,(H,7,9,10). The van der Waals surface area contributed by atoms with Gasteiger partial charge in [0, 0.05) is 20.5 Å². The van der Waals surface area contributed by atoms with E-state index >= 15 is 0 Å². The van der Waals surface area contributed by atoms with Crippen LogP contribution in [0.25, 0.3) is 0 Å². The average molecular weight is 160 g/mol. The normalized spacial score (nSPS) is 8.70. The smallest absolute Gasteiger partial charge is 0.222 e. The van der Waals surface area contributed by atoms with Gasteiger partial charge in [0.2, 0.25) is 5.91 Å². The average Bonchev–Trinajstić information content (AvgIpc) is 1.85. The molecule has 0 heterocycles. The number of carbonyl (C=O) groups is 1. The lowest BCUT2D eigenvalue weighted by atomic mass is 10.6. The summed E-state index contributed by atoms with van der Waals surface area (Å²) in [7, 11) is 1.83. The van der Waals surface area contributed by atoms with Crippen LogP contribution in [0.5, 0.6) is 0 Å². The number of rotatable bonds is 1. The van der Waals surface area contributed by atoms with Crippen LogP contribution < -0.4 is 5.32 Å². The number of hydrogen-bond donors (Lipinski definition) is 1. The molecule has 0 fully saturated rings. The molecule has 0 rings (SSSR count). The zero-order chi connectivity index (χ0) is 8.15. The Bertz CT molecular complexity index is 147. The van der Waals surface area contributed by atoms with Crippen LogP contribution in [0.1, 0.15) is 13.8 Å². The Hall–Kier alpha value is -0.640. The van der Waals surface area contributed by atoms with Crippen LogP contribution in [-0.4, -0.2) is 29.5 Å². The van der Waals surface area contributed by atoms with Gasteiger partial charge >= 0.3 is 0 Å². The third-order valence-corrected chi connectivity index (χ3v) is 1.52. The van der Waals surface area contributed by atoms with Gasteiger partial charge in [-0.1, -0.05) is 0 Å². The van der Waals surface area contributed by atoms with Crippen LogP contribution in [0.3, 0.4) is 0 Å². The highest BCUT2D eigenvalue weighted by molar-refractivity contribution is 7.80. The van der Waals surface area contributed by atoms with Crippen molar-refractivity contribution in [3.63, 3.8) is 0 Å². The molecule has 0 aromatic heterocycles. The summed E-state index contributed by atoms with van der Waals surface area (Å²) in [5.41, 5.74) is 0. The fourth-order valence-corrected chi connectivity index (χ4v) is 0.662. The number of nitrogens with one attached hydrogen (secondary N) is 1. The van der Waals surface area contributed by atoms with E-state index in [4.69, 9.17) is 12.2 Å². The van der Waals surface area contributed by atoms with Crippen molar-refractivity contribution in [3.05, 3.63) is 0 Å². The van der Waals surface area contributed by atoms with Crippen molar-refractivity contribution in [2.75, 3.05) is 13.6 Å². The summed E-state index contributed by atoms with van der Waals surface area (Å²) in [5, 5.41) is 2.99. The van der Waals surface area contributed by atoms with E-state index in [9.17, 15) is 4.79 Å². The summed E-state index contributed by atoms with van der Waals surface area (Å²) < 4.78 is 0. The highest BCUT2D eigenvalue weighted by atomic mass is 32.1. The minimum Gasteiger partial charge on any atom is -0.352 e. The molecule has 0 saturated heterocycles. The van der Waals surface area contributed by atoms with Crippen LogP contribution in [0.2, 0.25) is 0 Å². The fourth-order valence-electron chi connectivity index (χ4n) is 0.390. The van der Waals surface area contributed by atoms with Gasteiger partial charge < -0.3 is 10.2 Å². The lowest BCUT2D eigenvalue weighted by Crippen LogP contribution is -2.39. The molecule has 0 atom stereocenters. The molecule has 1 N–H and O–H groups in total. The minimum absolute atomic E-state index is 0.120. The Morgan fingerprint density at radius 1 is 1.70 bits per heavy atom. The van der Waals surface area contributed by atoms with Crippen molar-refractivity contribution in [2.45, 2.75) is 13.8 Å². The van der Waals surface area contributed by atoms with E-state index in [1.165, 1.54) is 6.92 Å². The van der Waals surface area contributed by atoms with E-state index < -0.39 is 0 Å². The molecular formula is C6H12N2OS. The third-order valence-electron chi connectivity index (χ3n) is 1.10. The van der Waals surface area contributed by atoms with Gasteiger partial charge in [-0.3, -0.25) is 4.79 Å². The molecule has 0 aliphatic heterocycles.